The Labute approximate surface area is 137 Å². The normalized spacial score (nSPS) is 58.6. The predicted molar refractivity (Wildman–Crippen MR) is 79.9 cm³/mol. The van der Waals surface area contributed by atoms with Gasteiger partial charge in [-0.05, 0) is 51.9 Å². The van der Waals surface area contributed by atoms with Crippen molar-refractivity contribution in [2.24, 2.45) is 17.8 Å². The standard InChI is InChI=1S/C17H28O6/c1-5-19-13-16(4,18)12-7-6-10(2)11-8-9-15(3)21-14(20-13)17(11,12)23-22-15/h10-14,18H,5-9H2,1-4H3/t10-,11+,12+,13+,14-,15-,16+,17-/m1/s1. The van der Waals surface area contributed by atoms with Crippen LogP contribution in [0.3, 0.4) is 0 Å². The second kappa shape index (κ2) is 5.13. The van der Waals surface area contributed by atoms with Crippen LogP contribution in [0, 0.1) is 17.8 Å². The van der Waals surface area contributed by atoms with E-state index in [1.54, 1.807) is 6.92 Å². The van der Waals surface area contributed by atoms with Crippen molar-refractivity contribution in [3.63, 3.8) is 0 Å². The minimum atomic E-state index is -1.14. The Morgan fingerprint density at radius 2 is 1.96 bits per heavy atom. The second-order valence-electron chi connectivity index (χ2n) is 8.01. The van der Waals surface area contributed by atoms with Crippen LogP contribution in [0.1, 0.15) is 53.4 Å². The van der Waals surface area contributed by atoms with Crippen LogP contribution in [-0.2, 0) is 24.0 Å². The van der Waals surface area contributed by atoms with Crippen molar-refractivity contribution >= 4 is 0 Å². The van der Waals surface area contributed by atoms with E-state index in [1.165, 1.54) is 0 Å². The van der Waals surface area contributed by atoms with Crippen molar-refractivity contribution in [2.45, 2.75) is 82.9 Å². The third kappa shape index (κ3) is 2.09. The molecule has 4 heterocycles. The van der Waals surface area contributed by atoms with E-state index in [9.17, 15) is 5.11 Å². The van der Waals surface area contributed by atoms with Crippen molar-refractivity contribution in [1.82, 2.24) is 0 Å². The van der Waals surface area contributed by atoms with E-state index in [4.69, 9.17) is 24.0 Å². The summed E-state index contributed by atoms with van der Waals surface area (Å²) >= 11 is 0. The number of hydrogen-bond acceptors (Lipinski definition) is 6. The van der Waals surface area contributed by atoms with Crippen molar-refractivity contribution < 1.29 is 29.1 Å². The van der Waals surface area contributed by atoms with Crippen LogP contribution in [0.5, 0.6) is 0 Å². The molecule has 2 bridgehead atoms. The molecule has 0 radical (unpaired) electrons. The molecule has 0 aromatic carbocycles. The average molecular weight is 328 g/mol. The van der Waals surface area contributed by atoms with Gasteiger partial charge in [0.25, 0.3) is 0 Å². The minimum Gasteiger partial charge on any atom is -0.384 e. The predicted octanol–water partition coefficient (Wildman–Crippen LogP) is 2.35. The molecule has 0 unspecified atom stereocenters. The summed E-state index contributed by atoms with van der Waals surface area (Å²) in [6.07, 6.45) is 2.32. The molecular formula is C17H28O6. The topological polar surface area (TPSA) is 66.4 Å². The lowest BCUT2D eigenvalue weighted by Gasteiger charge is -2.62. The Morgan fingerprint density at radius 1 is 1.17 bits per heavy atom. The van der Waals surface area contributed by atoms with Gasteiger partial charge in [-0.2, -0.15) is 0 Å². The lowest BCUT2D eigenvalue weighted by Crippen LogP contribution is -2.75. The van der Waals surface area contributed by atoms with Gasteiger partial charge in [-0.15, -0.1) is 0 Å². The molecule has 8 atom stereocenters. The fourth-order valence-electron chi connectivity index (χ4n) is 5.24. The second-order valence-corrected chi connectivity index (χ2v) is 8.01. The first-order chi connectivity index (χ1) is 10.8. The molecule has 1 spiro atoms. The molecule has 0 aromatic rings. The van der Waals surface area contributed by atoms with Crippen molar-refractivity contribution in [2.75, 3.05) is 6.61 Å². The van der Waals surface area contributed by atoms with Crippen LogP contribution >= 0.6 is 0 Å². The summed E-state index contributed by atoms with van der Waals surface area (Å²) in [5.41, 5.74) is -1.90. The SMILES string of the molecule is CCO[C@H]1O[C@@H]2O[C@@]3(C)CC[C@H]4[C@H](C)CC[C@@H]([C@]1(C)O)[C@@]24OO3. The Balaban J connectivity index is 1.80. The van der Waals surface area contributed by atoms with Crippen LogP contribution in [0.15, 0.2) is 0 Å². The highest BCUT2D eigenvalue weighted by Gasteiger charge is 2.72. The number of hydrogen-bond donors (Lipinski definition) is 1. The molecule has 0 amide bonds. The lowest BCUT2D eigenvalue weighted by atomic mass is 9.57. The van der Waals surface area contributed by atoms with Crippen LogP contribution in [0.25, 0.3) is 0 Å². The van der Waals surface area contributed by atoms with E-state index < -0.39 is 29.6 Å². The van der Waals surface area contributed by atoms with E-state index in [2.05, 4.69) is 6.92 Å². The third-order valence-corrected chi connectivity index (χ3v) is 6.47. The molecule has 6 heteroatoms. The molecule has 0 aromatic heterocycles. The Kier molecular flexibility index (Phi) is 3.62. The quantitative estimate of drug-likeness (QED) is 0.785. The number of ether oxygens (including phenoxy) is 3. The molecule has 5 rings (SSSR count). The zero-order valence-electron chi connectivity index (χ0n) is 14.4. The van der Waals surface area contributed by atoms with Gasteiger partial charge in [0.15, 0.2) is 18.2 Å². The molecule has 6 nitrogen and oxygen atoms in total. The zero-order chi connectivity index (χ0) is 16.5. The summed E-state index contributed by atoms with van der Waals surface area (Å²) < 4.78 is 18.0. The summed E-state index contributed by atoms with van der Waals surface area (Å²) in [5.74, 6) is -0.222. The molecule has 132 valence electrons. The van der Waals surface area contributed by atoms with Gasteiger partial charge in [-0.1, -0.05) is 6.92 Å². The van der Waals surface area contributed by atoms with Crippen molar-refractivity contribution in [3.8, 4) is 0 Å². The Bertz CT molecular complexity index is 482. The fourth-order valence-corrected chi connectivity index (χ4v) is 5.24. The molecular weight excluding hydrogens is 300 g/mol. The van der Waals surface area contributed by atoms with Gasteiger partial charge in [-0.3, -0.25) is 0 Å². The highest BCUT2D eigenvalue weighted by Crippen LogP contribution is 2.61. The first kappa shape index (κ1) is 16.2. The van der Waals surface area contributed by atoms with E-state index >= 15 is 0 Å². The molecule has 4 saturated heterocycles. The monoisotopic (exact) mass is 328 g/mol. The van der Waals surface area contributed by atoms with Gasteiger partial charge in [-0.25, -0.2) is 9.78 Å². The maximum absolute atomic E-state index is 11.2. The van der Waals surface area contributed by atoms with Crippen molar-refractivity contribution in [1.29, 1.82) is 0 Å². The maximum Gasteiger partial charge on any atom is 0.201 e. The first-order valence-electron chi connectivity index (χ1n) is 8.87. The summed E-state index contributed by atoms with van der Waals surface area (Å²) in [5, 5.41) is 11.2. The molecule has 4 aliphatic heterocycles. The number of aliphatic hydroxyl groups is 1. The molecule has 1 aliphatic carbocycles. The molecule has 1 saturated carbocycles. The number of rotatable bonds is 2. The number of fused-ring (bicyclic) bond motifs is 2. The third-order valence-electron chi connectivity index (χ3n) is 6.47. The van der Waals surface area contributed by atoms with Crippen LogP contribution in [0.4, 0.5) is 0 Å². The van der Waals surface area contributed by atoms with Gasteiger partial charge in [0.05, 0.1) is 0 Å². The largest absolute Gasteiger partial charge is 0.384 e. The van der Waals surface area contributed by atoms with Gasteiger partial charge >= 0.3 is 0 Å². The van der Waals surface area contributed by atoms with E-state index in [-0.39, 0.29) is 11.8 Å². The van der Waals surface area contributed by atoms with Crippen LogP contribution in [-0.4, -0.2) is 41.3 Å². The van der Waals surface area contributed by atoms with Crippen LogP contribution in [0.2, 0.25) is 0 Å². The summed E-state index contributed by atoms with van der Waals surface area (Å²) in [6, 6.07) is 0. The van der Waals surface area contributed by atoms with E-state index in [1.807, 2.05) is 13.8 Å². The summed E-state index contributed by atoms with van der Waals surface area (Å²) in [6.45, 7) is 8.30. The first-order valence-corrected chi connectivity index (χ1v) is 8.87. The molecule has 1 N–H and O–H groups in total. The summed E-state index contributed by atoms with van der Waals surface area (Å²) in [4.78, 5) is 11.7. The highest BCUT2D eigenvalue weighted by molar-refractivity contribution is 5.13. The Hall–Kier alpha value is -0.240. The highest BCUT2D eigenvalue weighted by atomic mass is 17.3. The fraction of sp³-hybridized carbons (Fsp3) is 1.00. The molecule has 5 aliphatic rings. The minimum absolute atomic E-state index is 0.144. The van der Waals surface area contributed by atoms with Gasteiger partial charge in [0.1, 0.15) is 5.60 Å². The average Bonchev–Trinajstić information content (AvgIpc) is 2.71. The van der Waals surface area contributed by atoms with Crippen molar-refractivity contribution in [3.05, 3.63) is 0 Å². The summed E-state index contributed by atoms with van der Waals surface area (Å²) in [7, 11) is 0. The van der Waals surface area contributed by atoms with Gasteiger partial charge in [0.2, 0.25) is 5.79 Å². The van der Waals surface area contributed by atoms with E-state index in [0.717, 1.165) is 25.7 Å². The molecule has 5 fully saturated rings. The molecule has 23 heavy (non-hydrogen) atoms. The lowest BCUT2D eigenvalue weighted by molar-refractivity contribution is -0.584. The van der Waals surface area contributed by atoms with Gasteiger partial charge < -0.3 is 19.3 Å². The van der Waals surface area contributed by atoms with Gasteiger partial charge in [0, 0.05) is 18.9 Å². The zero-order valence-corrected chi connectivity index (χ0v) is 14.4. The van der Waals surface area contributed by atoms with E-state index in [0.29, 0.717) is 12.5 Å². The smallest absolute Gasteiger partial charge is 0.201 e. The Morgan fingerprint density at radius 3 is 2.70 bits per heavy atom. The van der Waals surface area contributed by atoms with Crippen LogP contribution < -0.4 is 0 Å². The maximum atomic E-state index is 11.2.